The maximum atomic E-state index is 12.4. The SMILES string of the molecule is CCC(C)NS(=O)(=O)c1ccc(C(=O)NCc2nc(-c3ccncc3)cs2)cc1. The lowest BCUT2D eigenvalue weighted by Crippen LogP contribution is -2.32. The average molecular weight is 431 g/mol. The van der Waals surface area contributed by atoms with Gasteiger partial charge in [0, 0.05) is 34.9 Å². The Hall–Kier alpha value is -2.62. The number of benzene rings is 1. The molecule has 9 heteroatoms. The summed E-state index contributed by atoms with van der Waals surface area (Å²) in [5.74, 6) is -0.288. The average Bonchev–Trinajstić information content (AvgIpc) is 3.21. The van der Waals surface area contributed by atoms with E-state index in [4.69, 9.17) is 0 Å². The van der Waals surface area contributed by atoms with Gasteiger partial charge in [-0.3, -0.25) is 9.78 Å². The molecule has 0 aliphatic carbocycles. The first-order valence-corrected chi connectivity index (χ1v) is 11.5. The molecule has 0 saturated carbocycles. The zero-order chi connectivity index (χ0) is 20.9. The van der Waals surface area contributed by atoms with Crippen molar-refractivity contribution in [1.29, 1.82) is 0 Å². The number of hydrogen-bond donors (Lipinski definition) is 2. The van der Waals surface area contributed by atoms with Crippen LogP contribution in [0.25, 0.3) is 11.3 Å². The highest BCUT2D eigenvalue weighted by atomic mass is 32.2. The van der Waals surface area contributed by atoms with Crippen LogP contribution in [0.3, 0.4) is 0 Å². The molecule has 0 fully saturated rings. The van der Waals surface area contributed by atoms with E-state index in [1.807, 2.05) is 24.4 Å². The van der Waals surface area contributed by atoms with Crippen LogP contribution < -0.4 is 10.0 Å². The summed E-state index contributed by atoms with van der Waals surface area (Å²) in [4.78, 5) is 21.0. The second-order valence-electron chi connectivity index (χ2n) is 6.50. The summed E-state index contributed by atoms with van der Waals surface area (Å²) in [5, 5.41) is 5.52. The normalized spacial score (nSPS) is 12.5. The predicted molar refractivity (Wildman–Crippen MR) is 113 cm³/mol. The van der Waals surface area contributed by atoms with Crippen molar-refractivity contribution in [3.63, 3.8) is 0 Å². The number of rotatable bonds is 8. The third kappa shape index (κ3) is 5.47. The number of pyridine rings is 1. The van der Waals surface area contributed by atoms with Crippen LogP contribution in [0.5, 0.6) is 0 Å². The Labute approximate surface area is 174 Å². The molecule has 1 amide bonds. The topological polar surface area (TPSA) is 101 Å². The van der Waals surface area contributed by atoms with Gasteiger partial charge in [-0.25, -0.2) is 18.1 Å². The first kappa shape index (κ1) is 21.1. The van der Waals surface area contributed by atoms with Gasteiger partial charge in [0.2, 0.25) is 10.0 Å². The van der Waals surface area contributed by atoms with Gasteiger partial charge >= 0.3 is 0 Å². The van der Waals surface area contributed by atoms with Crippen LogP contribution in [0, 0.1) is 0 Å². The largest absolute Gasteiger partial charge is 0.346 e. The minimum absolute atomic E-state index is 0.135. The van der Waals surface area contributed by atoms with Crippen LogP contribution in [-0.2, 0) is 16.6 Å². The number of sulfonamides is 1. The summed E-state index contributed by atoms with van der Waals surface area (Å²) < 4.78 is 27.2. The van der Waals surface area contributed by atoms with E-state index >= 15 is 0 Å². The second kappa shape index (κ2) is 9.25. The molecule has 2 heterocycles. The quantitative estimate of drug-likeness (QED) is 0.571. The van der Waals surface area contributed by atoms with Crippen molar-refractivity contribution in [2.24, 2.45) is 0 Å². The molecule has 0 aliphatic heterocycles. The van der Waals surface area contributed by atoms with Crippen molar-refractivity contribution in [1.82, 2.24) is 20.0 Å². The molecule has 152 valence electrons. The van der Waals surface area contributed by atoms with Crippen LogP contribution >= 0.6 is 11.3 Å². The monoisotopic (exact) mass is 430 g/mol. The van der Waals surface area contributed by atoms with Crippen LogP contribution in [0.1, 0.15) is 35.6 Å². The molecule has 29 heavy (non-hydrogen) atoms. The highest BCUT2D eigenvalue weighted by Gasteiger charge is 2.17. The molecule has 0 spiro atoms. The lowest BCUT2D eigenvalue weighted by atomic mass is 10.2. The highest BCUT2D eigenvalue weighted by Crippen LogP contribution is 2.21. The molecule has 0 radical (unpaired) electrons. The van der Waals surface area contributed by atoms with Gasteiger partial charge in [0.05, 0.1) is 17.1 Å². The molecule has 2 aromatic heterocycles. The lowest BCUT2D eigenvalue weighted by molar-refractivity contribution is 0.0950. The summed E-state index contributed by atoms with van der Waals surface area (Å²) in [5.41, 5.74) is 2.19. The first-order chi connectivity index (χ1) is 13.9. The zero-order valence-electron chi connectivity index (χ0n) is 16.1. The number of amides is 1. The van der Waals surface area contributed by atoms with Crippen LogP contribution in [0.15, 0.2) is 59.1 Å². The Bertz CT molecular complexity index is 1060. The van der Waals surface area contributed by atoms with Crippen LogP contribution in [0.4, 0.5) is 0 Å². The van der Waals surface area contributed by atoms with Gasteiger partial charge in [-0.2, -0.15) is 0 Å². The fraction of sp³-hybridized carbons (Fsp3) is 0.250. The summed E-state index contributed by atoms with van der Waals surface area (Å²) >= 11 is 1.46. The Balaban J connectivity index is 1.61. The highest BCUT2D eigenvalue weighted by molar-refractivity contribution is 7.89. The van der Waals surface area contributed by atoms with Gasteiger partial charge < -0.3 is 5.32 Å². The van der Waals surface area contributed by atoms with Gasteiger partial charge in [0.25, 0.3) is 5.91 Å². The van der Waals surface area contributed by atoms with E-state index in [9.17, 15) is 13.2 Å². The fourth-order valence-electron chi connectivity index (χ4n) is 2.51. The maximum Gasteiger partial charge on any atom is 0.251 e. The van der Waals surface area contributed by atoms with Crippen molar-refractivity contribution in [2.45, 2.75) is 37.8 Å². The van der Waals surface area contributed by atoms with Gasteiger partial charge in [-0.1, -0.05) is 6.92 Å². The number of thiazole rings is 1. The molecular formula is C20H22N4O3S2. The maximum absolute atomic E-state index is 12.4. The molecule has 0 saturated heterocycles. The molecule has 1 aromatic carbocycles. The number of aromatic nitrogens is 2. The standard InChI is InChI=1S/C20H22N4O3S2/c1-3-14(2)24-29(26,27)17-6-4-16(5-7-17)20(25)22-12-19-23-18(13-28-19)15-8-10-21-11-9-15/h4-11,13-14,24H,3,12H2,1-2H3,(H,22,25). The van der Waals surface area contributed by atoms with E-state index in [1.54, 1.807) is 19.3 Å². The van der Waals surface area contributed by atoms with Crippen LogP contribution in [0.2, 0.25) is 0 Å². The van der Waals surface area contributed by atoms with Gasteiger partial charge in [-0.15, -0.1) is 11.3 Å². The number of carbonyl (C=O) groups is 1. The Morgan fingerprint density at radius 3 is 2.48 bits per heavy atom. The molecular weight excluding hydrogens is 408 g/mol. The molecule has 3 aromatic rings. The minimum atomic E-state index is -3.59. The van der Waals surface area contributed by atoms with E-state index in [2.05, 4.69) is 20.0 Å². The van der Waals surface area contributed by atoms with Crippen molar-refractivity contribution in [3.8, 4) is 11.3 Å². The fourth-order valence-corrected chi connectivity index (χ4v) is 4.58. The van der Waals surface area contributed by atoms with E-state index in [-0.39, 0.29) is 16.8 Å². The third-order valence-electron chi connectivity index (χ3n) is 4.32. The van der Waals surface area contributed by atoms with E-state index in [1.165, 1.54) is 35.6 Å². The third-order valence-corrected chi connectivity index (χ3v) is 6.78. The van der Waals surface area contributed by atoms with E-state index in [0.717, 1.165) is 16.3 Å². The smallest absolute Gasteiger partial charge is 0.251 e. The molecule has 3 rings (SSSR count). The van der Waals surface area contributed by atoms with Gasteiger partial charge in [0.15, 0.2) is 0 Å². The van der Waals surface area contributed by atoms with E-state index in [0.29, 0.717) is 18.5 Å². The Kier molecular flexibility index (Phi) is 6.73. The van der Waals surface area contributed by atoms with Crippen molar-refractivity contribution < 1.29 is 13.2 Å². The predicted octanol–water partition coefficient (Wildman–Crippen LogP) is 3.21. The number of carbonyl (C=O) groups excluding carboxylic acids is 1. The number of nitrogens with one attached hydrogen (secondary N) is 2. The molecule has 1 atom stereocenters. The summed E-state index contributed by atoms with van der Waals surface area (Å²) in [6, 6.07) is 9.48. The molecule has 0 bridgehead atoms. The van der Waals surface area contributed by atoms with E-state index < -0.39 is 10.0 Å². The summed E-state index contributed by atoms with van der Waals surface area (Å²) in [7, 11) is -3.59. The second-order valence-corrected chi connectivity index (χ2v) is 9.16. The van der Waals surface area contributed by atoms with Crippen molar-refractivity contribution in [3.05, 3.63) is 64.7 Å². The molecule has 7 nitrogen and oxygen atoms in total. The minimum Gasteiger partial charge on any atom is -0.346 e. The molecule has 2 N–H and O–H groups in total. The Morgan fingerprint density at radius 2 is 1.83 bits per heavy atom. The summed E-state index contributed by atoms with van der Waals surface area (Å²) in [6.07, 6.45) is 4.11. The van der Waals surface area contributed by atoms with Crippen molar-refractivity contribution >= 4 is 27.3 Å². The van der Waals surface area contributed by atoms with Gasteiger partial charge in [0.1, 0.15) is 5.01 Å². The zero-order valence-corrected chi connectivity index (χ0v) is 17.8. The molecule has 0 aliphatic rings. The number of nitrogens with zero attached hydrogens (tertiary/aromatic N) is 2. The van der Waals surface area contributed by atoms with Crippen LogP contribution in [-0.4, -0.2) is 30.3 Å². The van der Waals surface area contributed by atoms with Crippen molar-refractivity contribution in [2.75, 3.05) is 0 Å². The number of hydrogen-bond acceptors (Lipinski definition) is 6. The molecule has 1 unspecified atom stereocenters. The first-order valence-electron chi connectivity index (χ1n) is 9.14. The summed E-state index contributed by atoms with van der Waals surface area (Å²) in [6.45, 7) is 4.01. The Morgan fingerprint density at radius 1 is 1.14 bits per heavy atom. The lowest BCUT2D eigenvalue weighted by Gasteiger charge is -2.12. The van der Waals surface area contributed by atoms with Gasteiger partial charge in [-0.05, 0) is 49.7 Å².